The zero-order chi connectivity index (χ0) is 23.2. The van der Waals surface area contributed by atoms with E-state index in [-0.39, 0.29) is 24.4 Å². The first-order chi connectivity index (χ1) is 16.0. The Labute approximate surface area is 195 Å². The molecule has 6 heteroatoms. The smallest absolute Gasteiger partial charge is 0.227 e. The summed E-state index contributed by atoms with van der Waals surface area (Å²) in [5, 5.41) is 4.06. The fraction of sp³-hybridized carbons (Fsp3) is 0.148. The summed E-state index contributed by atoms with van der Waals surface area (Å²) in [6.45, 7) is 0.344. The largest absolute Gasteiger partial charge is 0.497 e. The lowest BCUT2D eigenvalue weighted by molar-refractivity contribution is -0.131. The summed E-state index contributed by atoms with van der Waals surface area (Å²) in [6, 6.07) is 20.6. The van der Waals surface area contributed by atoms with Gasteiger partial charge in [-0.15, -0.1) is 0 Å². The molecule has 3 aromatic carbocycles. The zero-order valence-electron chi connectivity index (χ0n) is 18.1. The number of carbonyl (C=O) groups excluding carboxylic acids is 1. The van der Waals surface area contributed by atoms with Crippen LogP contribution in [0.3, 0.4) is 0 Å². The van der Waals surface area contributed by atoms with E-state index in [9.17, 15) is 13.6 Å². The molecule has 0 aliphatic carbocycles. The summed E-state index contributed by atoms with van der Waals surface area (Å²) in [4.78, 5) is 15.0. The second-order valence-corrected chi connectivity index (χ2v) is 8.46. The molecular formula is C27H23F2NO2S. The lowest BCUT2D eigenvalue weighted by atomic mass is 10.0. The van der Waals surface area contributed by atoms with Gasteiger partial charge in [0.2, 0.25) is 5.91 Å². The predicted molar refractivity (Wildman–Crippen MR) is 127 cm³/mol. The number of methoxy groups -OCH3 is 1. The standard InChI is InChI=1S/C27H23F2NO2S/c1-32-24-10-6-19(7-11-24)14-27(31)30(17-21-8-9-23(28)15-26(21)29)16-20-4-2-3-5-25(20)22-12-13-33-18-22/h2-13,15,18H,14,16-17H2,1H3. The fourth-order valence-corrected chi connectivity index (χ4v) is 4.34. The maximum atomic E-state index is 14.4. The number of halogens is 2. The zero-order valence-corrected chi connectivity index (χ0v) is 18.9. The Morgan fingerprint density at radius 2 is 1.70 bits per heavy atom. The van der Waals surface area contributed by atoms with Crippen molar-refractivity contribution in [1.82, 2.24) is 4.90 Å². The first kappa shape index (κ1) is 22.7. The number of nitrogens with zero attached hydrogens (tertiary/aromatic N) is 1. The number of hydrogen-bond acceptors (Lipinski definition) is 3. The minimum Gasteiger partial charge on any atom is -0.497 e. The van der Waals surface area contributed by atoms with E-state index in [1.54, 1.807) is 35.5 Å². The Morgan fingerprint density at radius 3 is 2.39 bits per heavy atom. The molecule has 0 fully saturated rings. The van der Waals surface area contributed by atoms with Crippen molar-refractivity contribution >= 4 is 17.2 Å². The first-order valence-corrected chi connectivity index (χ1v) is 11.4. The Kier molecular flexibility index (Phi) is 7.15. The van der Waals surface area contributed by atoms with Crippen LogP contribution in [0.1, 0.15) is 16.7 Å². The molecule has 33 heavy (non-hydrogen) atoms. The number of amides is 1. The van der Waals surface area contributed by atoms with Crippen molar-refractivity contribution in [2.45, 2.75) is 19.5 Å². The molecule has 168 valence electrons. The van der Waals surface area contributed by atoms with Crippen molar-refractivity contribution in [3.8, 4) is 16.9 Å². The molecular weight excluding hydrogens is 440 g/mol. The summed E-state index contributed by atoms with van der Waals surface area (Å²) < 4.78 is 33.0. The van der Waals surface area contributed by atoms with Gasteiger partial charge in [0.1, 0.15) is 17.4 Å². The second-order valence-electron chi connectivity index (χ2n) is 7.68. The van der Waals surface area contributed by atoms with Crippen LogP contribution in [0.15, 0.2) is 83.6 Å². The van der Waals surface area contributed by atoms with E-state index in [1.807, 2.05) is 47.8 Å². The van der Waals surface area contributed by atoms with E-state index in [4.69, 9.17) is 4.74 Å². The van der Waals surface area contributed by atoms with Crippen LogP contribution in [0, 0.1) is 11.6 Å². The second kappa shape index (κ2) is 10.4. The van der Waals surface area contributed by atoms with Crippen LogP contribution < -0.4 is 4.74 Å². The van der Waals surface area contributed by atoms with Crippen LogP contribution in [0.25, 0.3) is 11.1 Å². The molecule has 0 spiro atoms. The molecule has 1 aromatic heterocycles. The molecule has 4 rings (SSSR count). The van der Waals surface area contributed by atoms with Crippen molar-refractivity contribution in [3.63, 3.8) is 0 Å². The Bertz CT molecular complexity index is 1220. The third kappa shape index (κ3) is 5.65. The summed E-state index contributed by atoms with van der Waals surface area (Å²) in [7, 11) is 1.59. The molecule has 0 saturated heterocycles. The van der Waals surface area contributed by atoms with Gasteiger partial charge in [0.25, 0.3) is 0 Å². The van der Waals surface area contributed by atoms with Gasteiger partial charge in [-0.2, -0.15) is 11.3 Å². The molecule has 0 atom stereocenters. The molecule has 0 radical (unpaired) electrons. The highest BCUT2D eigenvalue weighted by atomic mass is 32.1. The molecule has 1 heterocycles. The van der Waals surface area contributed by atoms with E-state index in [2.05, 4.69) is 5.38 Å². The van der Waals surface area contributed by atoms with Crippen LogP contribution in [0.2, 0.25) is 0 Å². The molecule has 3 nitrogen and oxygen atoms in total. The van der Waals surface area contributed by atoms with E-state index >= 15 is 0 Å². The molecule has 4 aromatic rings. The number of carbonyl (C=O) groups is 1. The SMILES string of the molecule is COc1ccc(CC(=O)N(Cc2ccc(F)cc2F)Cc2ccccc2-c2ccsc2)cc1. The van der Waals surface area contributed by atoms with Crippen molar-refractivity contribution in [2.24, 2.45) is 0 Å². The maximum absolute atomic E-state index is 14.4. The molecule has 0 saturated carbocycles. The van der Waals surface area contributed by atoms with Gasteiger partial charge in [-0.3, -0.25) is 4.79 Å². The van der Waals surface area contributed by atoms with Gasteiger partial charge in [-0.25, -0.2) is 8.78 Å². The van der Waals surface area contributed by atoms with Crippen molar-refractivity contribution < 1.29 is 18.3 Å². The minimum absolute atomic E-state index is 0.0407. The van der Waals surface area contributed by atoms with Crippen LogP contribution in [-0.4, -0.2) is 17.9 Å². The summed E-state index contributed by atoms with van der Waals surface area (Å²) in [6.07, 6.45) is 0.160. The van der Waals surface area contributed by atoms with E-state index in [0.29, 0.717) is 12.3 Å². The monoisotopic (exact) mass is 463 g/mol. The van der Waals surface area contributed by atoms with Gasteiger partial charge in [0, 0.05) is 24.7 Å². The quantitative estimate of drug-likeness (QED) is 0.300. The minimum atomic E-state index is -0.664. The van der Waals surface area contributed by atoms with E-state index in [0.717, 1.165) is 28.3 Å². The number of ether oxygens (including phenoxy) is 1. The van der Waals surface area contributed by atoms with E-state index in [1.165, 1.54) is 12.1 Å². The Morgan fingerprint density at radius 1 is 0.939 bits per heavy atom. The summed E-state index contributed by atoms with van der Waals surface area (Å²) >= 11 is 1.60. The van der Waals surface area contributed by atoms with Crippen LogP contribution in [0.4, 0.5) is 8.78 Å². The number of hydrogen-bond donors (Lipinski definition) is 0. The van der Waals surface area contributed by atoms with Gasteiger partial charge >= 0.3 is 0 Å². The average molecular weight is 464 g/mol. The highest BCUT2D eigenvalue weighted by Gasteiger charge is 2.19. The third-order valence-corrected chi connectivity index (χ3v) is 6.14. The van der Waals surface area contributed by atoms with Gasteiger partial charge in [-0.1, -0.05) is 42.5 Å². The Balaban J connectivity index is 1.63. The van der Waals surface area contributed by atoms with Gasteiger partial charge in [0.05, 0.1) is 13.5 Å². The summed E-state index contributed by atoms with van der Waals surface area (Å²) in [5.74, 6) is -0.747. The molecule has 0 unspecified atom stereocenters. The van der Waals surface area contributed by atoms with Gasteiger partial charge < -0.3 is 9.64 Å². The number of benzene rings is 3. The molecule has 0 aliphatic rings. The maximum Gasteiger partial charge on any atom is 0.227 e. The number of thiophene rings is 1. The predicted octanol–water partition coefficient (Wildman–Crippen LogP) is 6.47. The van der Waals surface area contributed by atoms with Crippen molar-refractivity contribution in [1.29, 1.82) is 0 Å². The lowest BCUT2D eigenvalue weighted by Gasteiger charge is -2.25. The van der Waals surface area contributed by atoms with Gasteiger partial charge in [-0.05, 0) is 57.3 Å². The highest BCUT2D eigenvalue weighted by molar-refractivity contribution is 7.08. The highest BCUT2D eigenvalue weighted by Crippen LogP contribution is 2.28. The summed E-state index contributed by atoms with van der Waals surface area (Å²) in [5.41, 5.74) is 4.16. The average Bonchev–Trinajstić information content (AvgIpc) is 3.36. The van der Waals surface area contributed by atoms with Gasteiger partial charge in [0.15, 0.2) is 0 Å². The topological polar surface area (TPSA) is 29.5 Å². The normalized spacial score (nSPS) is 10.8. The first-order valence-electron chi connectivity index (χ1n) is 10.5. The van der Waals surface area contributed by atoms with Crippen LogP contribution in [-0.2, 0) is 24.3 Å². The van der Waals surface area contributed by atoms with E-state index < -0.39 is 11.6 Å². The molecule has 0 bridgehead atoms. The van der Waals surface area contributed by atoms with Crippen molar-refractivity contribution in [3.05, 3.63) is 112 Å². The Hall–Kier alpha value is -3.51. The van der Waals surface area contributed by atoms with Crippen molar-refractivity contribution in [2.75, 3.05) is 7.11 Å². The third-order valence-electron chi connectivity index (χ3n) is 5.45. The molecule has 0 aliphatic heterocycles. The fourth-order valence-electron chi connectivity index (χ4n) is 3.68. The van der Waals surface area contributed by atoms with Crippen LogP contribution >= 0.6 is 11.3 Å². The molecule has 0 N–H and O–H groups in total. The van der Waals surface area contributed by atoms with Crippen LogP contribution in [0.5, 0.6) is 5.75 Å². The molecule has 1 amide bonds. The number of rotatable bonds is 8. The lowest BCUT2D eigenvalue weighted by Crippen LogP contribution is -2.32.